The zero-order valence-electron chi connectivity index (χ0n) is 13.9. The minimum Gasteiger partial charge on any atom is -0.485 e. The van der Waals surface area contributed by atoms with Gasteiger partial charge in [-0.15, -0.1) is 0 Å². The van der Waals surface area contributed by atoms with Crippen molar-refractivity contribution >= 4 is 5.91 Å². The quantitative estimate of drug-likeness (QED) is 0.745. The summed E-state index contributed by atoms with van der Waals surface area (Å²) in [6.45, 7) is 1.16. The number of rotatable bonds is 5. The van der Waals surface area contributed by atoms with Crippen LogP contribution in [0.3, 0.4) is 0 Å². The molecule has 0 saturated carbocycles. The summed E-state index contributed by atoms with van der Waals surface area (Å²) in [5, 5.41) is 2.87. The molecule has 0 spiro atoms. The van der Waals surface area contributed by atoms with E-state index in [2.05, 4.69) is 20.3 Å². The van der Waals surface area contributed by atoms with Gasteiger partial charge >= 0.3 is 0 Å². The topological polar surface area (TPSA) is 91.2 Å². The highest BCUT2D eigenvalue weighted by Crippen LogP contribution is 2.30. The molecule has 1 aliphatic rings. The monoisotopic (exact) mass is 351 g/mol. The highest BCUT2D eigenvalue weighted by molar-refractivity contribution is 5.81. The average Bonchev–Trinajstić information content (AvgIpc) is 3.17. The first kappa shape index (κ1) is 16.1. The number of amides is 1. The van der Waals surface area contributed by atoms with Crippen LogP contribution in [0.1, 0.15) is 0 Å². The predicted octanol–water partition coefficient (Wildman–Crippen LogP) is 1.30. The number of aromatic nitrogens is 4. The van der Waals surface area contributed by atoms with Crippen LogP contribution in [0.25, 0.3) is 11.6 Å². The van der Waals surface area contributed by atoms with Crippen LogP contribution < -0.4 is 14.8 Å². The maximum atomic E-state index is 12.3. The van der Waals surface area contributed by atoms with E-state index in [1.807, 2.05) is 29.0 Å². The smallest absolute Gasteiger partial charge is 0.264 e. The second-order valence-corrected chi connectivity index (χ2v) is 5.67. The van der Waals surface area contributed by atoms with Crippen LogP contribution in [-0.2, 0) is 11.3 Å². The minimum atomic E-state index is -0.662. The van der Waals surface area contributed by atoms with Crippen LogP contribution in [0.15, 0.2) is 55.1 Å². The van der Waals surface area contributed by atoms with Gasteiger partial charge in [-0.05, 0) is 18.2 Å². The number of benzene rings is 1. The number of hydrogen-bond donors (Lipinski definition) is 1. The van der Waals surface area contributed by atoms with Crippen LogP contribution in [0.2, 0.25) is 0 Å². The van der Waals surface area contributed by atoms with Crippen LogP contribution >= 0.6 is 0 Å². The van der Waals surface area contributed by atoms with Crippen molar-refractivity contribution in [1.82, 2.24) is 24.8 Å². The Morgan fingerprint density at radius 1 is 1.12 bits per heavy atom. The molecular formula is C18H17N5O3. The zero-order valence-corrected chi connectivity index (χ0v) is 13.9. The number of ether oxygens (including phenoxy) is 2. The van der Waals surface area contributed by atoms with Crippen molar-refractivity contribution in [2.45, 2.75) is 12.6 Å². The second kappa shape index (κ2) is 7.22. The normalized spacial score (nSPS) is 15.5. The summed E-state index contributed by atoms with van der Waals surface area (Å²) in [7, 11) is 0. The van der Waals surface area contributed by atoms with Crippen molar-refractivity contribution in [3.05, 3.63) is 55.1 Å². The molecule has 0 bridgehead atoms. The van der Waals surface area contributed by atoms with Gasteiger partial charge in [0.25, 0.3) is 5.91 Å². The summed E-state index contributed by atoms with van der Waals surface area (Å²) >= 11 is 0. The molecule has 3 aromatic rings. The van der Waals surface area contributed by atoms with Crippen molar-refractivity contribution < 1.29 is 14.3 Å². The van der Waals surface area contributed by atoms with Gasteiger partial charge in [0, 0.05) is 37.9 Å². The number of nitrogens with one attached hydrogen (secondary N) is 1. The van der Waals surface area contributed by atoms with Crippen molar-refractivity contribution in [1.29, 1.82) is 0 Å². The maximum absolute atomic E-state index is 12.3. The van der Waals surface area contributed by atoms with E-state index < -0.39 is 6.10 Å². The Morgan fingerprint density at radius 3 is 2.77 bits per heavy atom. The summed E-state index contributed by atoms with van der Waals surface area (Å²) in [4.78, 5) is 25.0. The lowest BCUT2D eigenvalue weighted by Crippen LogP contribution is -2.44. The standard InChI is InChI=1S/C18H17N5O3/c24-18(15-12-25-13-4-1-2-5-14(13)26-15)22-9-11-23-10-8-21-17(23)16-19-6-3-7-20-16/h1-8,10,15H,9,11-12H2,(H,22,24). The molecule has 0 radical (unpaired) electrons. The van der Waals surface area contributed by atoms with Crippen LogP contribution in [0.5, 0.6) is 11.5 Å². The molecule has 8 heteroatoms. The third-order valence-electron chi connectivity index (χ3n) is 3.93. The highest BCUT2D eigenvalue weighted by atomic mass is 16.6. The number of imidazole rings is 1. The van der Waals surface area contributed by atoms with Crippen molar-refractivity contribution in [2.75, 3.05) is 13.2 Å². The average molecular weight is 351 g/mol. The molecule has 1 amide bonds. The van der Waals surface area contributed by atoms with E-state index >= 15 is 0 Å². The van der Waals surface area contributed by atoms with Gasteiger partial charge in [-0.1, -0.05) is 12.1 Å². The Balaban J connectivity index is 1.33. The SMILES string of the molecule is O=C(NCCn1ccnc1-c1ncccn1)C1COc2ccccc2O1. The molecule has 8 nitrogen and oxygen atoms in total. The zero-order chi connectivity index (χ0) is 17.8. The number of carbonyl (C=O) groups is 1. The van der Waals surface area contributed by atoms with E-state index in [1.165, 1.54) is 0 Å². The highest BCUT2D eigenvalue weighted by Gasteiger charge is 2.26. The molecule has 132 valence electrons. The molecule has 1 unspecified atom stereocenters. The molecule has 1 N–H and O–H groups in total. The fraction of sp³-hybridized carbons (Fsp3) is 0.222. The number of carbonyl (C=O) groups excluding carboxylic acids is 1. The molecule has 1 aromatic carbocycles. The molecule has 1 aliphatic heterocycles. The van der Waals surface area contributed by atoms with Crippen LogP contribution in [0, 0.1) is 0 Å². The van der Waals surface area contributed by atoms with Gasteiger partial charge < -0.3 is 19.4 Å². The van der Waals surface area contributed by atoms with Gasteiger partial charge in [-0.25, -0.2) is 15.0 Å². The molecule has 0 aliphatic carbocycles. The maximum Gasteiger partial charge on any atom is 0.264 e. The summed E-state index contributed by atoms with van der Waals surface area (Å²) in [5.41, 5.74) is 0. The first-order valence-corrected chi connectivity index (χ1v) is 8.26. The van der Waals surface area contributed by atoms with Gasteiger partial charge in [0.15, 0.2) is 23.1 Å². The van der Waals surface area contributed by atoms with E-state index in [0.29, 0.717) is 36.2 Å². The molecule has 4 rings (SSSR count). The van der Waals surface area contributed by atoms with Gasteiger partial charge in [0.05, 0.1) is 0 Å². The molecular weight excluding hydrogens is 334 g/mol. The molecule has 0 fully saturated rings. The van der Waals surface area contributed by atoms with E-state index in [9.17, 15) is 4.79 Å². The number of nitrogens with zero attached hydrogens (tertiary/aromatic N) is 4. The van der Waals surface area contributed by atoms with Gasteiger partial charge in [-0.3, -0.25) is 4.79 Å². The molecule has 3 heterocycles. The van der Waals surface area contributed by atoms with Crippen LogP contribution in [0.4, 0.5) is 0 Å². The van der Waals surface area contributed by atoms with Crippen molar-refractivity contribution in [3.8, 4) is 23.1 Å². The summed E-state index contributed by atoms with van der Waals surface area (Å²) in [6, 6.07) is 9.06. The fourth-order valence-electron chi connectivity index (χ4n) is 2.67. The Labute approximate surface area is 149 Å². The molecule has 2 aromatic heterocycles. The van der Waals surface area contributed by atoms with Gasteiger partial charge in [0.1, 0.15) is 6.61 Å². The van der Waals surface area contributed by atoms with E-state index in [4.69, 9.17) is 9.47 Å². The van der Waals surface area contributed by atoms with Crippen molar-refractivity contribution in [2.24, 2.45) is 0 Å². The lowest BCUT2D eigenvalue weighted by atomic mass is 10.2. The largest absolute Gasteiger partial charge is 0.485 e. The van der Waals surface area contributed by atoms with E-state index in [0.717, 1.165) is 0 Å². The first-order valence-electron chi connectivity index (χ1n) is 8.26. The summed E-state index contributed by atoms with van der Waals surface area (Å²) in [6.07, 6.45) is 6.18. The van der Waals surface area contributed by atoms with Crippen LogP contribution in [-0.4, -0.2) is 44.7 Å². The minimum absolute atomic E-state index is 0.191. The van der Waals surface area contributed by atoms with E-state index in [-0.39, 0.29) is 12.5 Å². The molecule has 0 saturated heterocycles. The first-order chi connectivity index (χ1) is 12.8. The number of fused-ring (bicyclic) bond motifs is 1. The Bertz CT molecular complexity index is 897. The third kappa shape index (κ3) is 3.34. The van der Waals surface area contributed by atoms with Gasteiger partial charge in [0.2, 0.25) is 6.10 Å². The predicted molar refractivity (Wildman–Crippen MR) is 92.6 cm³/mol. The summed E-state index contributed by atoms with van der Waals surface area (Å²) < 4.78 is 13.2. The molecule has 1 atom stereocenters. The third-order valence-corrected chi connectivity index (χ3v) is 3.93. The Kier molecular flexibility index (Phi) is 4.46. The lowest BCUT2D eigenvalue weighted by molar-refractivity contribution is -0.130. The van der Waals surface area contributed by atoms with Gasteiger partial charge in [-0.2, -0.15) is 0 Å². The number of para-hydroxylation sites is 2. The Hall–Kier alpha value is -3.42. The van der Waals surface area contributed by atoms with Crippen molar-refractivity contribution in [3.63, 3.8) is 0 Å². The molecule has 26 heavy (non-hydrogen) atoms. The second-order valence-electron chi connectivity index (χ2n) is 5.67. The Morgan fingerprint density at radius 2 is 1.92 bits per heavy atom. The van der Waals surface area contributed by atoms with E-state index in [1.54, 1.807) is 30.7 Å². The number of hydrogen-bond acceptors (Lipinski definition) is 6. The summed E-state index contributed by atoms with van der Waals surface area (Å²) in [5.74, 6) is 2.23. The lowest BCUT2D eigenvalue weighted by Gasteiger charge is -2.25. The fourth-order valence-corrected chi connectivity index (χ4v) is 2.67.